The molecule has 0 radical (unpaired) electrons. The lowest BCUT2D eigenvalue weighted by molar-refractivity contribution is 0.660. The van der Waals surface area contributed by atoms with Crippen LogP contribution in [0.2, 0.25) is 0 Å². The third-order valence-electron chi connectivity index (χ3n) is 9.29. The molecule has 0 spiro atoms. The molecule has 2 aromatic heterocycles. The second-order valence-electron chi connectivity index (χ2n) is 12.6. The summed E-state index contributed by atoms with van der Waals surface area (Å²) in [6.45, 7) is 6.71. The molecule has 0 fully saturated rings. The van der Waals surface area contributed by atoms with E-state index in [1.54, 1.807) is 0 Å². The zero-order valence-electron chi connectivity index (χ0n) is 26.2. The highest BCUT2D eigenvalue weighted by Crippen LogP contribution is 2.49. The van der Waals surface area contributed by atoms with Gasteiger partial charge in [-0.15, -0.1) is 0 Å². The van der Waals surface area contributed by atoms with Crippen LogP contribution >= 0.6 is 0 Å². The van der Waals surface area contributed by atoms with Gasteiger partial charge < -0.3 is 0 Å². The Labute approximate surface area is 270 Å². The summed E-state index contributed by atoms with van der Waals surface area (Å²) in [5, 5.41) is 0. The summed E-state index contributed by atoms with van der Waals surface area (Å²) < 4.78 is 0. The summed E-state index contributed by atoms with van der Waals surface area (Å²) in [5.74, 6) is 0.692. The normalized spacial score (nSPS) is 12.8. The lowest BCUT2D eigenvalue weighted by atomic mass is 9.82. The fourth-order valence-electron chi connectivity index (χ4n) is 6.86. The average molecular weight is 592 g/mol. The van der Waals surface area contributed by atoms with Crippen molar-refractivity contribution in [3.05, 3.63) is 163 Å². The number of fused-ring (bicyclic) bond motifs is 3. The summed E-state index contributed by atoms with van der Waals surface area (Å²) in [4.78, 5) is 15.0. The molecule has 0 saturated carbocycles. The Bertz CT molecular complexity index is 2180. The van der Waals surface area contributed by atoms with Gasteiger partial charge in [0.05, 0.1) is 11.4 Å². The number of rotatable bonds is 5. The predicted octanol–water partition coefficient (Wildman–Crippen LogP) is 10.8. The summed E-state index contributed by atoms with van der Waals surface area (Å²) in [6.07, 6.45) is 1.85. The highest BCUT2D eigenvalue weighted by Gasteiger charge is 2.35. The second kappa shape index (κ2) is 11.0. The number of hydrogen-bond donors (Lipinski definition) is 0. The molecule has 3 heteroatoms. The summed E-state index contributed by atoms with van der Waals surface area (Å²) in [5.41, 5.74) is 15.7. The van der Waals surface area contributed by atoms with Crippen molar-refractivity contribution in [3.63, 3.8) is 0 Å². The Morgan fingerprint density at radius 1 is 0.435 bits per heavy atom. The summed E-state index contributed by atoms with van der Waals surface area (Å²) in [7, 11) is 0. The van der Waals surface area contributed by atoms with Crippen molar-refractivity contribution in [3.8, 4) is 67.3 Å². The zero-order chi connectivity index (χ0) is 31.3. The topological polar surface area (TPSA) is 38.7 Å². The van der Waals surface area contributed by atoms with E-state index in [4.69, 9.17) is 9.97 Å². The molecule has 5 aromatic carbocycles. The van der Waals surface area contributed by atoms with E-state index in [-0.39, 0.29) is 5.41 Å². The molecule has 0 aliphatic heterocycles. The molecular weight excluding hydrogens is 558 g/mol. The van der Waals surface area contributed by atoms with Crippen molar-refractivity contribution in [1.29, 1.82) is 0 Å². The molecule has 7 aromatic rings. The van der Waals surface area contributed by atoms with E-state index in [1.807, 2.05) is 24.4 Å². The number of aryl methyl sites for hydroxylation is 1. The molecule has 3 nitrogen and oxygen atoms in total. The van der Waals surface area contributed by atoms with Gasteiger partial charge in [0.15, 0.2) is 5.82 Å². The first-order valence-corrected chi connectivity index (χ1v) is 15.8. The Kier molecular flexibility index (Phi) is 6.69. The molecule has 1 aliphatic rings. The van der Waals surface area contributed by atoms with Gasteiger partial charge in [0.2, 0.25) is 0 Å². The molecule has 0 unspecified atom stereocenters. The number of aromatic nitrogens is 3. The number of nitrogens with zero attached hydrogens (tertiary/aromatic N) is 3. The van der Waals surface area contributed by atoms with Crippen molar-refractivity contribution in [1.82, 2.24) is 15.0 Å². The van der Waals surface area contributed by atoms with Gasteiger partial charge in [-0.3, -0.25) is 4.98 Å². The van der Waals surface area contributed by atoms with Crippen molar-refractivity contribution in [2.24, 2.45) is 0 Å². The standard InChI is InChI=1S/C43H33N3/c1-28-35(18-12-22-44-28)33-23-32(31-20-21-39-37(26-31)36-17-10-11-19-38(36)43(39,2)3)24-34(25-33)42-45-40(29-13-6-4-7-14-29)27-41(46-42)30-15-8-5-9-16-30/h4-27H,1-3H3. The maximum atomic E-state index is 5.17. The lowest BCUT2D eigenvalue weighted by Crippen LogP contribution is -2.14. The molecule has 2 heterocycles. The van der Waals surface area contributed by atoms with Crippen LogP contribution in [0, 0.1) is 6.92 Å². The van der Waals surface area contributed by atoms with Crippen LogP contribution in [0.5, 0.6) is 0 Å². The third-order valence-corrected chi connectivity index (χ3v) is 9.29. The van der Waals surface area contributed by atoms with Crippen LogP contribution in [0.15, 0.2) is 146 Å². The zero-order valence-corrected chi connectivity index (χ0v) is 26.2. The van der Waals surface area contributed by atoms with Gasteiger partial charge in [-0.05, 0) is 82.3 Å². The third kappa shape index (κ3) is 4.81. The maximum absolute atomic E-state index is 5.17. The first-order valence-electron chi connectivity index (χ1n) is 15.8. The van der Waals surface area contributed by atoms with Crippen molar-refractivity contribution in [2.45, 2.75) is 26.2 Å². The van der Waals surface area contributed by atoms with E-state index in [0.717, 1.165) is 50.5 Å². The number of hydrogen-bond acceptors (Lipinski definition) is 3. The van der Waals surface area contributed by atoms with Gasteiger partial charge in [-0.25, -0.2) is 9.97 Å². The fourth-order valence-corrected chi connectivity index (χ4v) is 6.86. The molecule has 0 amide bonds. The monoisotopic (exact) mass is 591 g/mol. The van der Waals surface area contributed by atoms with Crippen molar-refractivity contribution >= 4 is 0 Å². The molecule has 0 N–H and O–H groups in total. The van der Waals surface area contributed by atoms with Crippen LogP contribution in [0.3, 0.4) is 0 Å². The van der Waals surface area contributed by atoms with E-state index in [0.29, 0.717) is 5.82 Å². The van der Waals surface area contributed by atoms with Gasteiger partial charge in [0.25, 0.3) is 0 Å². The summed E-state index contributed by atoms with van der Waals surface area (Å²) in [6, 6.07) is 49.4. The van der Waals surface area contributed by atoms with Crippen LogP contribution in [0.25, 0.3) is 67.3 Å². The summed E-state index contributed by atoms with van der Waals surface area (Å²) >= 11 is 0. The molecular formula is C43H33N3. The Hall–Kier alpha value is -5.67. The minimum Gasteiger partial charge on any atom is -0.261 e. The van der Waals surface area contributed by atoms with E-state index in [2.05, 4.69) is 147 Å². The Morgan fingerprint density at radius 3 is 1.72 bits per heavy atom. The van der Waals surface area contributed by atoms with Gasteiger partial charge in [-0.1, -0.05) is 117 Å². The molecule has 220 valence electrons. The lowest BCUT2D eigenvalue weighted by Gasteiger charge is -2.21. The molecule has 0 bridgehead atoms. The predicted molar refractivity (Wildman–Crippen MR) is 189 cm³/mol. The van der Waals surface area contributed by atoms with Crippen LogP contribution in [0.1, 0.15) is 30.7 Å². The highest BCUT2D eigenvalue weighted by atomic mass is 14.9. The number of pyridine rings is 1. The van der Waals surface area contributed by atoms with Crippen molar-refractivity contribution < 1.29 is 0 Å². The van der Waals surface area contributed by atoms with Crippen molar-refractivity contribution in [2.75, 3.05) is 0 Å². The molecule has 8 rings (SSSR count). The van der Waals surface area contributed by atoms with Gasteiger partial charge >= 0.3 is 0 Å². The smallest absolute Gasteiger partial charge is 0.160 e. The van der Waals surface area contributed by atoms with Crippen LogP contribution in [0.4, 0.5) is 0 Å². The van der Waals surface area contributed by atoms with Gasteiger partial charge in [0.1, 0.15) is 0 Å². The largest absolute Gasteiger partial charge is 0.261 e. The minimum absolute atomic E-state index is 0.0379. The molecule has 0 atom stereocenters. The van der Waals surface area contributed by atoms with E-state index >= 15 is 0 Å². The Morgan fingerprint density at radius 2 is 1.02 bits per heavy atom. The maximum Gasteiger partial charge on any atom is 0.160 e. The van der Waals surface area contributed by atoms with Crippen LogP contribution in [-0.4, -0.2) is 15.0 Å². The SMILES string of the molecule is Cc1ncccc1-c1cc(-c2ccc3c(c2)-c2ccccc2C3(C)C)cc(-c2nc(-c3ccccc3)cc(-c3ccccc3)n2)c1. The minimum atomic E-state index is -0.0379. The quantitative estimate of drug-likeness (QED) is 0.200. The van der Waals surface area contributed by atoms with Gasteiger partial charge in [0, 0.05) is 39.6 Å². The average Bonchev–Trinajstić information content (AvgIpc) is 3.34. The molecule has 0 saturated heterocycles. The molecule has 46 heavy (non-hydrogen) atoms. The molecule has 1 aliphatic carbocycles. The van der Waals surface area contributed by atoms with E-state index in [9.17, 15) is 0 Å². The number of benzene rings is 5. The van der Waals surface area contributed by atoms with Gasteiger partial charge in [-0.2, -0.15) is 0 Å². The first-order chi connectivity index (χ1) is 22.5. The van der Waals surface area contributed by atoms with Crippen LogP contribution in [-0.2, 0) is 5.41 Å². The van der Waals surface area contributed by atoms with E-state index in [1.165, 1.54) is 27.8 Å². The fraction of sp³-hybridized carbons (Fsp3) is 0.0930. The van der Waals surface area contributed by atoms with Crippen LogP contribution < -0.4 is 0 Å². The van der Waals surface area contributed by atoms with E-state index < -0.39 is 0 Å². The Balaban J connectivity index is 1.35. The second-order valence-corrected chi connectivity index (χ2v) is 12.6. The highest BCUT2D eigenvalue weighted by molar-refractivity contribution is 5.87. The first kappa shape index (κ1) is 27.8.